The Bertz CT molecular complexity index is 1360. The number of hydrogen-bond donors (Lipinski definition) is 1. The molecule has 1 N–H and O–H groups in total. The van der Waals surface area contributed by atoms with Gasteiger partial charge in [0.05, 0.1) is 12.6 Å². The Hall–Kier alpha value is -2.14. The van der Waals surface area contributed by atoms with Crippen LogP contribution in [0.25, 0.3) is 0 Å². The first-order chi connectivity index (χ1) is 22.1. The number of ether oxygens (including phenoxy) is 1. The second kappa shape index (κ2) is 11.8. The minimum Gasteiger partial charge on any atom is -0.440 e. The van der Waals surface area contributed by atoms with Crippen molar-refractivity contribution < 1.29 is 19.4 Å². The number of carbonyl (C=O) groups excluding carboxylic acids is 2. The van der Waals surface area contributed by atoms with Gasteiger partial charge in [0.15, 0.2) is 5.78 Å². The van der Waals surface area contributed by atoms with Crippen LogP contribution in [0.1, 0.15) is 150 Å². The zero-order chi connectivity index (χ0) is 31.7. The number of rotatable bonds is 4. The number of aliphatic hydroxyl groups excluding tert-OH is 1. The van der Waals surface area contributed by atoms with Gasteiger partial charge in [-0.2, -0.15) is 0 Å². The molecule has 1 saturated heterocycles. The molecule has 6 bridgehead atoms. The fourth-order valence-corrected chi connectivity index (χ4v) is 12.6. The normalized spacial score (nSPS) is 41.0. The third-order valence-electron chi connectivity index (χ3n) is 14.6. The highest BCUT2D eigenvalue weighted by Gasteiger charge is 2.65. The average molecular weight is 628 g/mol. The van der Waals surface area contributed by atoms with E-state index in [4.69, 9.17) is 4.74 Å². The molecule has 0 aromatic heterocycles. The molecule has 1 aliphatic heterocycles. The Morgan fingerprint density at radius 2 is 1.70 bits per heavy atom. The van der Waals surface area contributed by atoms with E-state index < -0.39 is 11.7 Å². The SMILES string of the molecule is CC1=CCCC2(C)C(CCC23CN(CC24CC5CC(CC(C5)C2)C4)C(=O)O3)c2ccc(cc2C(=O)C2CCCCC2)CC(O)CC1. The molecule has 46 heavy (non-hydrogen) atoms. The van der Waals surface area contributed by atoms with E-state index in [0.717, 1.165) is 99.6 Å². The topological polar surface area (TPSA) is 66.8 Å². The summed E-state index contributed by atoms with van der Waals surface area (Å²) >= 11 is 0. The fourth-order valence-electron chi connectivity index (χ4n) is 12.6. The van der Waals surface area contributed by atoms with E-state index in [1.807, 2.05) is 0 Å². The minimum absolute atomic E-state index is 0.0911. The molecule has 6 saturated carbocycles. The number of carbonyl (C=O) groups is 2. The van der Waals surface area contributed by atoms with Crippen molar-refractivity contribution in [3.63, 3.8) is 0 Å². The quantitative estimate of drug-likeness (QED) is 0.267. The van der Waals surface area contributed by atoms with Gasteiger partial charge in [-0.3, -0.25) is 4.79 Å². The molecular formula is C41H57NO4. The first-order valence-electron chi connectivity index (χ1n) is 19.1. The Kier molecular flexibility index (Phi) is 7.97. The van der Waals surface area contributed by atoms with Gasteiger partial charge in [-0.15, -0.1) is 0 Å². The van der Waals surface area contributed by atoms with Crippen LogP contribution in [0.2, 0.25) is 0 Å². The molecule has 1 aromatic carbocycles. The van der Waals surface area contributed by atoms with E-state index in [2.05, 4.69) is 43.0 Å². The maximum atomic E-state index is 14.4. The standard InChI is InChI=1S/C41H57NO4/c1-27-7-6-15-39(2)36(34-13-11-28(20-33(43)12-10-27)21-35(34)37(44)32-8-4-3-5-9-32)14-16-41(39)26-42(38(45)46-41)25-40-22-29-17-30(23-40)19-31(18-29)24-40/h7,11,13,21,29-33,36,43H,3-6,8-10,12,14-20,22-26H2,1-2H3. The summed E-state index contributed by atoms with van der Waals surface area (Å²) in [6.45, 7) is 6.16. The van der Waals surface area contributed by atoms with E-state index in [0.29, 0.717) is 24.2 Å². The molecule has 1 heterocycles. The summed E-state index contributed by atoms with van der Waals surface area (Å²) < 4.78 is 6.72. The molecule has 8 aliphatic carbocycles. The molecule has 1 aromatic rings. The fraction of sp³-hybridized carbons (Fsp3) is 0.756. The van der Waals surface area contributed by atoms with Gasteiger partial charge in [0.25, 0.3) is 0 Å². The number of amides is 1. The Morgan fingerprint density at radius 1 is 0.978 bits per heavy atom. The highest BCUT2D eigenvalue weighted by atomic mass is 16.6. The number of nitrogens with zero attached hydrogens (tertiary/aromatic N) is 1. The zero-order valence-electron chi connectivity index (χ0n) is 28.5. The van der Waals surface area contributed by atoms with Crippen LogP contribution in [0, 0.1) is 34.5 Å². The largest absolute Gasteiger partial charge is 0.440 e. The zero-order valence-corrected chi connectivity index (χ0v) is 28.5. The minimum atomic E-state index is -0.532. The van der Waals surface area contributed by atoms with Crippen LogP contribution in [-0.4, -0.2) is 46.7 Å². The molecule has 1 spiro atoms. The van der Waals surface area contributed by atoms with E-state index >= 15 is 0 Å². The molecule has 9 aliphatic rings. The lowest BCUT2D eigenvalue weighted by molar-refractivity contribution is -0.0641. The summed E-state index contributed by atoms with van der Waals surface area (Å²) in [6, 6.07) is 6.56. The molecule has 250 valence electrons. The number of aliphatic hydroxyl groups is 1. The average Bonchev–Trinajstić information content (AvgIpc) is 3.48. The summed E-state index contributed by atoms with van der Waals surface area (Å²) in [5.74, 6) is 3.16. The Labute approximate surface area is 276 Å². The lowest BCUT2D eigenvalue weighted by Crippen LogP contribution is -2.52. The van der Waals surface area contributed by atoms with Crippen molar-refractivity contribution in [3.8, 4) is 0 Å². The van der Waals surface area contributed by atoms with Crippen molar-refractivity contribution in [2.24, 2.45) is 34.5 Å². The Balaban J connectivity index is 1.14. The van der Waals surface area contributed by atoms with Crippen LogP contribution in [0.3, 0.4) is 0 Å². The monoisotopic (exact) mass is 627 g/mol. The molecule has 1 amide bonds. The Morgan fingerprint density at radius 3 is 2.41 bits per heavy atom. The lowest BCUT2D eigenvalue weighted by atomic mass is 9.49. The number of ketones is 1. The third-order valence-corrected chi connectivity index (χ3v) is 14.6. The second-order valence-electron chi connectivity index (χ2n) is 17.8. The van der Waals surface area contributed by atoms with E-state index in [9.17, 15) is 14.7 Å². The molecule has 10 rings (SSSR count). The first kappa shape index (κ1) is 31.1. The van der Waals surface area contributed by atoms with Gasteiger partial charge in [-0.25, -0.2) is 4.79 Å². The van der Waals surface area contributed by atoms with Crippen molar-refractivity contribution in [2.45, 2.75) is 147 Å². The van der Waals surface area contributed by atoms with Crippen LogP contribution in [0.15, 0.2) is 29.8 Å². The molecule has 7 fully saturated rings. The van der Waals surface area contributed by atoms with Gasteiger partial charge in [0, 0.05) is 23.4 Å². The number of Topliss-reactive ketones (excluding diaryl/α,β-unsaturated/α-hetero) is 1. The second-order valence-corrected chi connectivity index (χ2v) is 17.8. The van der Waals surface area contributed by atoms with E-state index in [1.54, 1.807) is 0 Å². The smallest absolute Gasteiger partial charge is 0.410 e. The van der Waals surface area contributed by atoms with Crippen molar-refractivity contribution in [1.82, 2.24) is 4.90 Å². The van der Waals surface area contributed by atoms with Crippen LogP contribution in [0.4, 0.5) is 4.79 Å². The maximum Gasteiger partial charge on any atom is 0.410 e. The number of hydrogen-bond acceptors (Lipinski definition) is 4. The van der Waals surface area contributed by atoms with Crippen molar-refractivity contribution >= 4 is 11.9 Å². The molecule has 4 atom stereocenters. The number of benzene rings is 1. The predicted molar refractivity (Wildman–Crippen MR) is 181 cm³/mol. The maximum absolute atomic E-state index is 14.4. The predicted octanol–water partition coefficient (Wildman–Crippen LogP) is 9.16. The van der Waals surface area contributed by atoms with Crippen LogP contribution < -0.4 is 0 Å². The molecular weight excluding hydrogens is 570 g/mol. The van der Waals surface area contributed by atoms with Gasteiger partial charge in [-0.1, -0.05) is 50.0 Å². The van der Waals surface area contributed by atoms with Crippen molar-refractivity contribution in [2.75, 3.05) is 13.1 Å². The van der Waals surface area contributed by atoms with E-state index in [1.165, 1.54) is 56.1 Å². The van der Waals surface area contributed by atoms with Crippen LogP contribution in [0.5, 0.6) is 0 Å². The molecule has 5 nitrogen and oxygen atoms in total. The summed E-state index contributed by atoms with van der Waals surface area (Å²) in [6.07, 6.45) is 21.3. The summed E-state index contributed by atoms with van der Waals surface area (Å²) in [4.78, 5) is 30.4. The highest BCUT2D eigenvalue weighted by molar-refractivity contribution is 5.99. The van der Waals surface area contributed by atoms with Gasteiger partial charge >= 0.3 is 6.09 Å². The third kappa shape index (κ3) is 5.39. The van der Waals surface area contributed by atoms with Crippen molar-refractivity contribution in [1.29, 1.82) is 0 Å². The van der Waals surface area contributed by atoms with Gasteiger partial charge in [0.2, 0.25) is 0 Å². The van der Waals surface area contributed by atoms with Gasteiger partial charge < -0.3 is 14.7 Å². The number of allylic oxidation sites excluding steroid dienone is 2. The van der Waals surface area contributed by atoms with Crippen LogP contribution >= 0.6 is 0 Å². The highest BCUT2D eigenvalue weighted by Crippen LogP contribution is 2.64. The van der Waals surface area contributed by atoms with Gasteiger partial charge in [-0.05, 0) is 150 Å². The summed E-state index contributed by atoms with van der Waals surface area (Å²) in [5, 5.41) is 10.9. The molecule has 4 unspecified atom stereocenters. The summed E-state index contributed by atoms with van der Waals surface area (Å²) in [5.41, 5.74) is 3.94. The van der Waals surface area contributed by atoms with E-state index in [-0.39, 0.29) is 23.3 Å². The first-order valence-corrected chi connectivity index (χ1v) is 19.1. The van der Waals surface area contributed by atoms with Gasteiger partial charge in [0.1, 0.15) is 5.60 Å². The van der Waals surface area contributed by atoms with Crippen LogP contribution in [-0.2, 0) is 11.2 Å². The molecule has 5 heteroatoms. The number of fused-ring (bicyclic) bond motifs is 8. The van der Waals surface area contributed by atoms with Crippen molar-refractivity contribution in [3.05, 3.63) is 46.5 Å². The summed E-state index contributed by atoms with van der Waals surface area (Å²) in [7, 11) is 0. The lowest BCUT2D eigenvalue weighted by Gasteiger charge is -2.57. The molecule has 0 radical (unpaired) electrons.